The lowest BCUT2D eigenvalue weighted by Crippen LogP contribution is -2.52. The summed E-state index contributed by atoms with van der Waals surface area (Å²) in [5.41, 5.74) is 2.71. The predicted octanol–water partition coefficient (Wildman–Crippen LogP) is 2.77. The number of halogens is 1. The third-order valence-electron chi connectivity index (χ3n) is 6.11. The highest BCUT2D eigenvalue weighted by Crippen LogP contribution is 2.42. The van der Waals surface area contributed by atoms with Crippen LogP contribution in [0.2, 0.25) is 0 Å². The van der Waals surface area contributed by atoms with E-state index in [0.717, 1.165) is 39.1 Å². The van der Waals surface area contributed by atoms with Crippen molar-refractivity contribution in [3.63, 3.8) is 0 Å². The second-order valence-electron chi connectivity index (χ2n) is 8.01. The summed E-state index contributed by atoms with van der Waals surface area (Å²) in [5, 5.41) is 2.05. The molecule has 28 heavy (non-hydrogen) atoms. The van der Waals surface area contributed by atoms with Gasteiger partial charge in [0.2, 0.25) is 5.91 Å². The Bertz CT molecular complexity index is 1030. The maximum atomic E-state index is 13.2. The Balaban J connectivity index is 1.56. The van der Waals surface area contributed by atoms with Gasteiger partial charge in [-0.15, -0.1) is 0 Å². The average molecular weight is 489 g/mol. The van der Waals surface area contributed by atoms with Crippen LogP contribution in [0.5, 0.6) is 0 Å². The molecule has 0 saturated carbocycles. The molecule has 0 aromatic heterocycles. The van der Waals surface area contributed by atoms with Crippen LogP contribution in [0.25, 0.3) is 10.8 Å². The fraction of sp³-hybridized carbons (Fsp3) is 0.381. The second kappa shape index (κ2) is 6.52. The standard InChI is InChI=1S/C21H20IN3O3/c1-23-10-12(11-23)9-13-5-6-15-19-14(13)3-2-4-16(19)24(20(15)27)17-7-8-18(26)25(22)21(17)28/h2-6,12,17H,7-11H2,1H3. The molecule has 0 aliphatic carbocycles. The monoisotopic (exact) mass is 489 g/mol. The number of likely N-dealkylation sites (tertiary alicyclic amines) is 1. The number of imide groups is 1. The van der Waals surface area contributed by atoms with Crippen LogP contribution in [0.15, 0.2) is 30.3 Å². The van der Waals surface area contributed by atoms with E-state index in [9.17, 15) is 14.4 Å². The van der Waals surface area contributed by atoms with Gasteiger partial charge in [0.05, 0.1) is 28.6 Å². The molecule has 3 heterocycles. The number of carbonyl (C=O) groups is 3. The molecular weight excluding hydrogens is 469 g/mol. The highest BCUT2D eigenvalue weighted by atomic mass is 127. The number of hydrogen-bond donors (Lipinski definition) is 0. The van der Waals surface area contributed by atoms with E-state index in [4.69, 9.17) is 0 Å². The van der Waals surface area contributed by atoms with Crippen molar-refractivity contribution in [1.29, 1.82) is 0 Å². The van der Waals surface area contributed by atoms with Gasteiger partial charge in [-0.05, 0) is 48.9 Å². The summed E-state index contributed by atoms with van der Waals surface area (Å²) in [4.78, 5) is 41.7. The molecule has 0 spiro atoms. The molecular formula is C21H20IN3O3. The highest BCUT2D eigenvalue weighted by Gasteiger charge is 2.43. The number of piperidine rings is 1. The molecule has 2 aromatic carbocycles. The lowest BCUT2D eigenvalue weighted by molar-refractivity contribution is -0.140. The summed E-state index contributed by atoms with van der Waals surface area (Å²) in [7, 11) is 2.13. The van der Waals surface area contributed by atoms with Gasteiger partial charge < -0.3 is 4.90 Å². The van der Waals surface area contributed by atoms with E-state index in [-0.39, 0.29) is 24.1 Å². The van der Waals surface area contributed by atoms with Gasteiger partial charge in [-0.3, -0.25) is 19.3 Å². The van der Waals surface area contributed by atoms with E-state index >= 15 is 0 Å². The zero-order valence-electron chi connectivity index (χ0n) is 15.5. The number of amides is 3. The summed E-state index contributed by atoms with van der Waals surface area (Å²) in [6.45, 7) is 2.20. The molecule has 6 nitrogen and oxygen atoms in total. The quantitative estimate of drug-likeness (QED) is 0.378. The zero-order chi connectivity index (χ0) is 19.6. The topological polar surface area (TPSA) is 60.9 Å². The van der Waals surface area contributed by atoms with Gasteiger partial charge in [0.1, 0.15) is 6.04 Å². The first kappa shape index (κ1) is 18.1. The van der Waals surface area contributed by atoms with Crippen LogP contribution >= 0.6 is 22.9 Å². The van der Waals surface area contributed by atoms with Crippen LogP contribution in [-0.4, -0.2) is 51.9 Å². The summed E-state index contributed by atoms with van der Waals surface area (Å²) in [6.07, 6.45) is 1.64. The first-order chi connectivity index (χ1) is 13.5. The summed E-state index contributed by atoms with van der Waals surface area (Å²) in [6, 6.07) is 9.31. The summed E-state index contributed by atoms with van der Waals surface area (Å²) in [5.74, 6) is -0.00267. The van der Waals surface area contributed by atoms with Crippen molar-refractivity contribution in [2.45, 2.75) is 25.3 Å². The van der Waals surface area contributed by atoms with Crippen molar-refractivity contribution in [2.75, 3.05) is 25.0 Å². The van der Waals surface area contributed by atoms with Gasteiger partial charge >= 0.3 is 0 Å². The third-order valence-corrected chi connectivity index (χ3v) is 7.12. The minimum Gasteiger partial charge on any atom is -0.306 e. The van der Waals surface area contributed by atoms with E-state index in [1.807, 2.05) is 18.2 Å². The largest absolute Gasteiger partial charge is 0.306 e. The lowest BCUT2D eigenvalue weighted by Gasteiger charge is -2.36. The smallest absolute Gasteiger partial charge is 0.261 e. The van der Waals surface area contributed by atoms with Crippen molar-refractivity contribution in [3.05, 3.63) is 41.5 Å². The first-order valence-corrected chi connectivity index (χ1v) is 10.5. The van der Waals surface area contributed by atoms with Gasteiger partial charge in [-0.1, -0.05) is 18.2 Å². The molecule has 2 aromatic rings. The Morgan fingerprint density at radius 3 is 2.64 bits per heavy atom. The highest BCUT2D eigenvalue weighted by molar-refractivity contribution is 14.1. The molecule has 3 amide bonds. The Morgan fingerprint density at radius 1 is 1.11 bits per heavy atom. The first-order valence-electron chi connectivity index (χ1n) is 9.55. The normalized spacial score (nSPS) is 23.1. The minimum atomic E-state index is -0.621. The number of nitrogens with zero attached hydrogens (tertiary/aromatic N) is 3. The van der Waals surface area contributed by atoms with Gasteiger partial charge in [0.15, 0.2) is 0 Å². The van der Waals surface area contributed by atoms with E-state index in [2.05, 4.69) is 24.1 Å². The van der Waals surface area contributed by atoms with Crippen LogP contribution in [0.3, 0.4) is 0 Å². The fourth-order valence-corrected chi connectivity index (χ4v) is 5.36. The molecule has 0 N–H and O–H groups in total. The van der Waals surface area contributed by atoms with Crippen LogP contribution in [0.1, 0.15) is 28.8 Å². The van der Waals surface area contributed by atoms with Crippen molar-refractivity contribution in [1.82, 2.24) is 8.01 Å². The van der Waals surface area contributed by atoms with Gasteiger partial charge in [0.25, 0.3) is 11.8 Å². The van der Waals surface area contributed by atoms with Gasteiger partial charge in [-0.25, -0.2) is 3.11 Å². The molecule has 144 valence electrons. The van der Waals surface area contributed by atoms with Gasteiger partial charge in [-0.2, -0.15) is 0 Å². The van der Waals surface area contributed by atoms with Crippen molar-refractivity contribution in [2.24, 2.45) is 5.92 Å². The molecule has 2 saturated heterocycles. The molecule has 3 aliphatic rings. The number of hydrogen-bond acceptors (Lipinski definition) is 4. The summed E-state index contributed by atoms with van der Waals surface area (Å²) < 4.78 is 1.13. The molecule has 7 heteroatoms. The van der Waals surface area contributed by atoms with Crippen LogP contribution in [0, 0.1) is 5.92 Å². The lowest BCUT2D eigenvalue weighted by atomic mass is 9.89. The molecule has 5 rings (SSSR count). The zero-order valence-corrected chi connectivity index (χ0v) is 17.7. The molecule has 3 aliphatic heterocycles. The molecule has 0 bridgehead atoms. The number of benzene rings is 2. The van der Waals surface area contributed by atoms with E-state index in [1.54, 1.807) is 27.8 Å². The average Bonchev–Trinajstić information content (AvgIpc) is 2.94. The maximum Gasteiger partial charge on any atom is 0.261 e. The van der Waals surface area contributed by atoms with Crippen molar-refractivity contribution in [3.8, 4) is 0 Å². The van der Waals surface area contributed by atoms with E-state index < -0.39 is 6.04 Å². The third kappa shape index (κ3) is 2.59. The molecule has 1 atom stereocenters. The Kier molecular flexibility index (Phi) is 4.20. The number of anilines is 1. The Morgan fingerprint density at radius 2 is 1.89 bits per heavy atom. The van der Waals surface area contributed by atoms with E-state index in [1.165, 1.54) is 5.56 Å². The van der Waals surface area contributed by atoms with E-state index in [0.29, 0.717) is 17.9 Å². The van der Waals surface area contributed by atoms with Gasteiger partial charge in [0, 0.05) is 30.5 Å². The Hall–Kier alpha value is -2.00. The van der Waals surface area contributed by atoms with Crippen molar-refractivity contribution < 1.29 is 14.4 Å². The molecule has 0 radical (unpaired) electrons. The van der Waals surface area contributed by atoms with Crippen LogP contribution in [0.4, 0.5) is 5.69 Å². The predicted molar refractivity (Wildman–Crippen MR) is 114 cm³/mol. The SMILES string of the molecule is CN1CC(Cc2ccc3c4c(cccc24)N(C2CCC(=O)N(I)C2=O)C3=O)C1. The summed E-state index contributed by atoms with van der Waals surface area (Å²) >= 11 is 1.75. The van der Waals surface area contributed by atoms with Crippen molar-refractivity contribution >= 4 is 57.0 Å². The Labute approximate surface area is 176 Å². The molecule has 1 unspecified atom stereocenters. The number of rotatable bonds is 3. The second-order valence-corrected chi connectivity index (χ2v) is 8.97. The fourth-order valence-electron chi connectivity index (χ4n) is 4.80. The van der Waals surface area contributed by atoms with Crippen LogP contribution in [-0.2, 0) is 16.0 Å². The van der Waals surface area contributed by atoms with Crippen LogP contribution < -0.4 is 4.90 Å². The minimum absolute atomic E-state index is 0.140. The molecule has 2 fully saturated rings. The number of carbonyl (C=O) groups excluding carboxylic acids is 3. The maximum absolute atomic E-state index is 13.2.